The number of halogens is 1. The van der Waals surface area contributed by atoms with Gasteiger partial charge in [-0.25, -0.2) is 9.18 Å². The molecule has 0 saturated carbocycles. The minimum atomic E-state index is -1.06. The Morgan fingerprint density at radius 3 is 2.94 bits per heavy atom. The van der Waals surface area contributed by atoms with Crippen molar-refractivity contribution in [1.29, 1.82) is 0 Å². The fourth-order valence-corrected chi connectivity index (χ4v) is 2.49. The molecule has 5 heteroatoms. The highest BCUT2D eigenvalue weighted by Crippen LogP contribution is 2.35. The summed E-state index contributed by atoms with van der Waals surface area (Å²) < 4.78 is 13.1. The molecular weight excluding hydrogens is 237 g/mol. The number of aliphatic carboxylic acids is 1. The molecule has 1 aliphatic rings. The van der Waals surface area contributed by atoms with Gasteiger partial charge in [0.05, 0.1) is 0 Å². The minimum absolute atomic E-state index is 0.139. The van der Waals surface area contributed by atoms with Crippen molar-refractivity contribution in [2.75, 3.05) is 0 Å². The largest absolute Gasteiger partial charge is 0.480 e. The molecule has 96 valence electrons. The van der Waals surface area contributed by atoms with Gasteiger partial charge < -0.3 is 10.4 Å². The summed E-state index contributed by atoms with van der Waals surface area (Å²) in [5.41, 5.74) is -0.0308. The highest BCUT2D eigenvalue weighted by molar-refractivity contribution is 5.89. The van der Waals surface area contributed by atoms with Gasteiger partial charge in [-0.2, -0.15) is 0 Å². The standard InChI is InChI=1S/C13H14FNO3/c1-13(6-8-3-2-4-9(14)5-8)7-10(16)15-11(13)12(17)18/h2-5,11H,6-7H2,1H3,(H,15,16)(H,17,18). The minimum Gasteiger partial charge on any atom is -0.480 e. The highest BCUT2D eigenvalue weighted by atomic mass is 19.1. The van der Waals surface area contributed by atoms with E-state index in [2.05, 4.69) is 5.32 Å². The van der Waals surface area contributed by atoms with Crippen LogP contribution in [0.2, 0.25) is 0 Å². The van der Waals surface area contributed by atoms with E-state index in [9.17, 15) is 14.0 Å². The van der Waals surface area contributed by atoms with Crippen LogP contribution in [-0.2, 0) is 16.0 Å². The van der Waals surface area contributed by atoms with Crippen LogP contribution in [0.4, 0.5) is 4.39 Å². The van der Waals surface area contributed by atoms with E-state index < -0.39 is 17.4 Å². The number of nitrogens with one attached hydrogen (secondary N) is 1. The first-order valence-electron chi connectivity index (χ1n) is 5.67. The van der Waals surface area contributed by atoms with Crippen molar-refractivity contribution < 1.29 is 19.1 Å². The summed E-state index contributed by atoms with van der Waals surface area (Å²) in [4.78, 5) is 22.5. The zero-order chi connectivity index (χ0) is 13.3. The second kappa shape index (κ2) is 4.40. The Hall–Kier alpha value is -1.91. The van der Waals surface area contributed by atoms with Crippen LogP contribution in [-0.4, -0.2) is 23.0 Å². The molecule has 2 unspecified atom stereocenters. The van der Waals surface area contributed by atoms with Crippen molar-refractivity contribution in [2.24, 2.45) is 5.41 Å². The van der Waals surface area contributed by atoms with Crippen molar-refractivity contribution in [3.63, 3.8) is 0 Å². The Bertz CT molecular complexity index is 503. The molecule has 1 amide bonds. The van der Waals surface area contributed by atoms with Gasteiger partial charge in [0, 0.05) is 11.8 Å². The fraction of sp³-hybridized carbons (Fsp3) is 0.385. The number of hydrogen-bond donors (Lipinski definition) is 2. The van der Waals surface area contributed by atoms with Gasteiger partial charge in [-0.15, -0.1) is 0 Å². The molecule has 2 atom stereocenters. The topological polar surface area (TPSA) is 66.4 Å². The molecule has 2 rings (SSSR count). The Morgan fingerprint density at radius 1 is 1.61 bits per heavy atom. The molecule has 1 heterocycles. The van der Waals surface area contributed by atoms with Crippen LogP contribution in [0.25, 0.3) is 0 Å². The van der Waals surface area contributed by atoms with Gasteiger partial charge in [0.1, 0.15) is 11.9 Å². The molecule has 2 N–H and O–H groups in total. The van der Waals surface area contributed by atoms with E-state index in [0.29, 0.717) is 12.0 Å². The summed E-state index contributed by atoms with van der Waals surface area (Å²) in [5, 5.41) is 11.6. The second-order valence-electron chi connectivity index (χ2n) is 4.98. The lowest BCUT2D eigenvalue weighted by atomic mass is 9.77. The van der Waals surface area contributed by atoms with E-state index in [1.807, 2.05) is 0 Å². The van der Waals surface area contributed by atoms with Crippen LogP contribution in [0, 0.1) is 11.2 Å². The first-order chi connectivity index (χ1) is 8.40. The molecule has 1 aromatic carbocycles. The lowest BCUT2D eigenvalue weighted by Crippen LogP contribution is -2.43. The highest BCUT2D eigenvalue weighted by Gasteiger charge is 2.47. The molecule has 0 spiro atoms. The Morgan fingerprint density at radius 2 is 2.33 bits per heavy atom. The fourth-order valence-electron chi connectivity index (χ4n) is 2.49. The van der Waals surface area contributed by atoms with E-state index in [1.54, 1.807) is 19.1 Å². The normalized spacial score (nSPS) is 27.0. The van der Waals surface area contributed by atoms with E-state index in [1.165, 1.54) is 12.1 Å². The predicted octanol–water partition coefficient (Wildman–Crippen LogP) is 1.35. The smallest absolute Gasteiger partial charge is 0.326 e. The number of carboxylic acid groups (broad SMARTS) is 1. The van der Waals surface area contributed by atoms with Crippen LogP contribution in [0.3, 0.4) is 0 Å². The third kappa shape index (κ3) is 2.34. The Labute approximate surface area is 104 Å². The van der Waals surface area contributed by atoms with E-state index >= 15 is 0 Å². The van der Waals surface area contributed by atoms with Crippen LogP contribution >= 0.6 is 0 Å². The average molecular weight is 251 g/mol. The van der Waals surface area contributed by atoms with Gasteiger partial charge in [0.15, 0.2) is 0 Å². The summed E-state index contributed by atoms with van der Waals surface area (Å²) in [6, 6.07) is 5.09. The lowest BCUT2D eigenvalue weighted by molar-refractivity contribution is -0.142. The van der Waals surface area contributed by atoms with Gasteiger partial charge in [-0.1, -0.05) is 19.1 Å². The number of rotatable bonds is 3. The maximum atomic E-state index is 13.1. The van der Waals surface area contributed by atoms with Crippen LogP contribution in [0.15, 0.2) is 24.3 Å². The van der Waals surface area contributed by atoms with Crippen LogP contribution in [0.5, 0.6) is 0 Å². The quantitative estimate of drug-likeness (QED) is 0.852. The summed E-state index contributed by atoms with van der Waals surface area (Å²) in [5.74, 6) is -1.69. The molecule has 0 bridgehead atoms. The number of carboxylic acids is 1. The SMILES string of the molecule is CC1(Cc2cccc(F)c2)CC(=O)NC1C(=O)O. The Balaban J connectivity index is 2.25. The maximum absolute atomic E-state index is 13.1. The van der Waals surface area contributed by atoms with Gasteiger partial charge in [-0.05, 0) is 24.1 Å². The number of carbonyl (C=O) groups excluding carboxylic acids is 1. The number of benzene rings is 1. The zero-order valence-electron chi connectivity index (χ0n) is 9.94. The summed E-state index contributed by atoms with van der Waals surface area (Å²) >= 11 is 0. The molecule has 0 aromatic heterocycles. The van der Waals surface area contributed by atoms with Gasteiger partial charge in [0.2, 0.25) is 5.91 Å². The zero-order valence-corrected chi connectivity index (χ0v) is 9.94. The maximum Gasteiger partial charge on any atom is 0.326 e. The molecule has 1 aliphatic heterocycles. The van der Waals surface area contributed by atoms with E-state index in [-0.39, 0.29) is 18.1 Å². The lowest BCUT2D eigenvalue weighted by Gasteiger charge is -2.27. The van der Waals surface area contributed by atoms with E-state index in [0.717, 1.165) is 0 Å². The first-order valence-corrected chi connectivity index (χ1v) is 5.67. The van der Waals surface area contributed by atoms with E-state index in [4.69, 9.17) is 5.11 Å². The van der Waals surface area contributed by atoms with Gasteiger partial charge >= 0.3 is 5.97 Å². The summed E-state index contributed by atoms with van der Waals surface area (Å²) in [7, 11) is 0. The second-order valence-corrected chi connectivity index (χ2v) is 4.98. The molecule has 1 saturated heterocycles. The average Bonchev–Trinajstić information content (AvgIpc) is 2.53. The Kier molecular flexibility index (Phi) is 3.07. The summed E-state index contributed by atoms with van der Waals surface area (Å²) in [6.07, 6.45) is 0.487. The van der Waals surface area contributed by atoms with Crippen molar-refractivity contribution in [3.05, 3.63) is 35.6 Å². The number of hydrogen-bond acceptors (Lipinski definition) is 2. The third-order valence-corrected chi connectivity index (χ3v) is 3.31. The van der Waals surface area contributed by atoms with Crippen LogP contribution < -0.4 is 5.32 Å². The molecule has 0 aliphatic carbocycles. The van der Waals surface area contributed by atoms with Crippen molar-refractivity contribution in [2.45, 2.75) is 25.8 Å². The summed E-state index contributed by atoms with van der Waals surface area (Å²) in [6.45, 7) is 1.73. The number of amides is 1. The van der Waals surface area contributed by atoms with Crippen molar-refractivity contribution >= 4 is 11.9 Å². The van der Waals surface area contributed by atoms with Crippen LogP contribution in [0.1, 0.15) is 18.9 Å². The van der Waals surface area contributed by atoms with Gasteiger partial charge in [0.25, 0.3) is 0 Å². The first kappa shape index (κ1) is 12.5. The predicted molar refractivity (Wildman–Crippen MR) is 62.4 cm³/mol. The van der Waals surface area contributed by atoms with Crippen molar-refractivity contribution in [3.8, 4) is 0 Å². The molecule has 1 fully saturated rings. The van der Waals surface area contributed by atoms with Gasteiger partial charge in [-0.3, -0.25) is 4.79 Å². The molecule has 4 nitrogen and oxygen atoms in total. The molecular formula is C13H14FNO3. The third-order valence-electron chi connectivity index (χ3n) is 3.31. The van der Waals surface area contributed by atoms with Crippen molar-refractivity contribution in [1.82, 2.24) is 5.32 Å². The molecule has 0 radical (unpaired) electrons. The molecule has 18 heavy (non-hydrogen) atoms. The monoisotopic (exact) mass is 251 g/mol. The number of carbonyl (C=O) groups is 2. The molecule has 1 aromatic rings.